The lowest BCUT2D eigenvalue weighted by atomic mass is 9.92. The summed E-state index contributed by atoms with van der Waals surface area (Å²) in [4.78, 5) is 28.2. The second-order valence-corrected chi connectivity index (χ2v) is 8.90. The standard InChI is InChI=1S/C29H29NO5/c1-17(2)23-15-20(12-13-24(23)35-5)27(31)25-26(19-9-6-8-18(3)14-19)30(29(33)28(25)32)21-10-7-11-22(16-21)34-4/h6-17,26,31H,1-5H3/b27-25-. The molecule has 1 heterocycles. The average molecular weight is 472 g/mol. The summed E-state index contributed by atoms with van der Waals surface area (Å²) in [7, 11) is 3.14. The zero-order chi connectivity index (χ0) is 25.3. The second kappa shape index (κ2) is 9.66. The van der Waals surface area contributed by atoms with E-state index >= 15 is 0 Å². The number of rotatable bonds is 6. The molecule has 1 aliphatic heterocycles. The minimum absolute atomic E-state index is 0.0447. The largest absolute Gasteiger partial charge is 0.507 e. The molecule has 1 fully saturated rings. The number of carbonyl (C=O) groups excluding carboxylic acids is 2. The summed E-state index contributed by atoms with van der Waals surface area (Å²) in [5.41, 5.74) is 3.61. The van der Waals surface area contributed by atoms with Crippen LogP contribution in [-0.4, -0.2) is 31.0 Å². The van der Waals surface area contributed by atoms with Gasteiger partial charge >= 0.3 is 0 Å². The molecule has 1 saturated heterocycles. The Bertz CT molecular complexity index is 1320. The number of ketones is 1. The van der Waals surface area contributed by atoms with Gasteiger partial charge in [-0.25, -0.2) is 0 Å². The number of hydrogen-bond acceptors (Lipinski definition) is 5. The van der Waals surface area contributed by atoms with E-state index in [0.717, 1.165) is 16.7 Å². The Kier molecular flexibility index (Phi) is 6.65. The third-order valence-corrected chi connectivity index (χ3v) is 6.26. The summed E-state index contributed by atoms with van der Waals surface area (Å²) in [6.45, 7) is 5.99. The lowest BCUT2D eigenvalue weighted by Crippen LogP contribution is -2.29. The Hall–Kier alpha value is -4.06. The second-order valence-electron chi connectivity index (χ2n) is 8.90. The molecule has 0 spiro atoms. The van der Waals surface area contributed by atoms with Crippen LogP contribution in [0.4, 0.5) is 5.69 Å². The molecule has 180 valence electrons. The van der Waals surface area contributed by atoms with E-state index in [9.17, 15) is 14.7 Å². The molecule has 0 saturated carbocycles. The molecular formula is C29H29NO5. The predicted molar refractivity (Wildman–Crippen MR) is 136 cm³/mol. The van der Waals surface area contributed by atoms with Gasteiger partial charge in [0.05, 0.1) is 25.8 Å². The van der Waals surface area contributed by atoms with Crippen LogP contribution in [-0.2, 0) is 9.59 Å². The van der Waals surface area contributed by atoms with E-state index in [0.29, 0.717) is 22.7 Å². The van der Waals surface area contributed by atoms with Crippen molar-refractivity contribution < 1.29 is 24.2 Å². The lowest BCUT2D eigenvalue weighted by molar-refractivity contribution is -0.132. The van der Waals surface area contributed by atoms with E-state index in [1.807, 2.05) is 51.1 Å². The molecule has 3 aromatic rings. The first-order valence-corrected chi connectivity index (χ1v) is 11.5. The number of amides is 1. The van der Waals surface area contributed by atoms with Gasteiger partial charge in [-0.1, -0.05) is 49.7 Å². The zero-order valence-electron chi connectivity index (χ0n) is 20.5. The average Bonchev–Trinajstić information content (AvgIpc) is 3.13. The van der Waals surface area contributed by atoms with Crippen LogP contribution in [0.5, 0.6) is 11.5 Å². The lowest BCUT2D eigenvalue weighted by Gasteiger charge is -2.26. The molecule has 1 N–H and O–H groups in total. The van der Waals surface area contributed by atoms with Crippen molar-refractivity contribution in [1.82, 2.24) is 0 Å². The maximum Gasteiger partial charge on any atom is 0.300 e. The van der Waals surface area contributed by atoms with Gasteiger partial charge in [-0.15, -0.1) is 0 Å². The van der Waals surface area contributed by atoms with Crippen molar-refractivity contribution in [2.45, 2.75) is 32.7 Å². The van der Waals surface area contributed by atoms with Crippen LogP contribution in [0.2, 0.25) is 0 Å². The summed E-state index contributed by atoms with van der Waals surface area (Å²) in [6.07, 6.45) is 0. The highest BCUT2D eigenvalue weighted by atomic mass is 16.5. The molecule has 6 nitrogen and oxygen atoms in total. The number of hydrogen-bond donors (Lipinski definition) is 1. The fourth-order valence-electron chi connectivity index (χ4n) is 4.50. The first kappa shape index (κ1) is 24.1. The molecule has 0 aromatic heterocycles. The van der Waals surface area contributed by atoms with Crippen LogP contribution in [0.1, 0.15) is 48.1 Å². The highest BCUT2D eigenvalue weighted by Crippen LogP contribution is 2.43. The number of nitrogens with zero attached hydrogens (tertiary/aromatic N) is 1. The number of aryl methyl sites for hydroxylation is 1. The molecule has 0 radical (unpaired) electrons. The van der Waals surface area contributed by atoms with Gasteiger partial charge in [0, 0.05) is 17.3 Å². The fraction of sp³-hybridized carbons (Fsp3) is 0.241. The molecule has 0 aliphatic carbocycles. The van der Waals surface area contributed by atoms with Crippen LogP contribution in [0, 0.1) is 6.92 Å². The quantitative estimate of drug-likeness (QED) is 0.281. The molecule has 35 heavy (non-hydrogen) atoms. The molecule has 1 aliphatic rings. The van der Waals surface area contributed by atoms with Gasteiger partial charge in [0.15, 0.2) is 0 Å². The molecule has 6 heteroatoms. The van der Waals surface area contributed by atoms with Crippen LogP contribution in [0.15, 0.2) is 72.3 Å². The van der Waals surface area contributed by atoms with Gasteiger partial charge in [0.1, 0.15) is 17.3 Å². The van der Waals surface area contributed by atoms with Crippen molar-refractivity contribution in [2.24, 2.45) is 0 Å². The Labute approximate surface area is 205 Å². The minimum Gasteiger partial charge on any atom is -0.507 e. The van der Waals surface area contributed by atoms with E-state index < -0.39 is 17.7 Å². The molecule has 4 rings (SSSR count). The summed E-state index contributed by atoms with van der Waals surface area (Å²) in [5.74, 6) is -0.273. The Morgan fingerprint density at radius 2 is 1.69 bits per heavy atom. The van der Waals surface area contributed by atoms with Gasteiger partial charge in [-0.2, -0.15) is 0 Å². The summed E-state index contributed by atoms with van der Waals surface area (Å²) < 4.78 is 10.8. The van der Waals surface area contributed by atoms with Gasteiger partial charge in [-0.05, 0) is 54.3 Å². The molecule has 1 amide bonds. The van der Waals surface area contributed by atoms with Crippen LogP contribution in [0.3, 0.4) is 0 Å². The fourth-order valence-corrected chi connectivity index (χ4v) is 4.50. The molecule has 3 aromatic carbocycles. The van der Waals surface area contributed by atoms with Gasteiger partial charge in [-0.3, -0.25) is 14.5 Å². The summed E-state index contributed by atoms with van der Waals surface area (Å²) in [6, 6.07) is 19.1. The number of anilines is 1. The van der Waals surface area contributed by atoms with Gasteiger partial charge < -0.3 is 14.6 Å². The number of aliphatic hydroxyl groups is 1. The molecular weight excluding hydrogens is 442 g/mol. The highest BCUT2D eigenvalue weighted by Gasteiger charge is 2.47. The Morgan fingerprint density at radius 3 is 2.34 bits per heavy atom. The van der Waals surface area contributed by atoms with Gasteiger partial charge in [0.2, 0.25) is 0 Å². The number of ether oxygens (including phenoxy) is 2. The Morgan fingerprint density at radius 1 is 0.943 bits per heavy atom. The predicted octanol–water partition coefficient (Wildman–Crippen LogP) is 5.76. The number of benzene rings is 3. The summed E-state index contributed by atoms with van der Waals surface area (Å²) in [5, 5.41) is 11.5. The third-order valence-electron chi connectivity index (χ3n) is 6.26. The molecule has 0 bridgehead atoms. The highest BCUT2D eigenvalue weighted by molar-refractivity contribution is 6.51. The third kappa shape index (κ3) is 4.39. The number of methoxy groups -OCH3 is 2. The zero-order valence-corrected chi connectivity index (χ0v) is 20.5. The first-order chi connectivity index (χ1) is 16.8. The van der Waals surface area contributed by atoms with Crippen molar-refractivity contribution in [3.8, 4) is 11.5 Å². The van der Waals surface area contributed by atoms with Gasteiger partial charge in [0.25, 0.3) is 11.7 Å². The number of carbonyl (C=O) groups is 2. The normalized spacial score (nSPS) is 17.2. The summed E-state index contributed by atoms with van der Waals surface area (Å²) >= 11 is 0. The number of Topliss-reactive ketones (excluding diaryl/α,β-unsaturated/α-hetero) is 1. The maximum absolute atomic E-state index is 13.4. The van der Waals surface area contributed by atoms with E-state index in [1.165, 1.54) is 4.90 Å². The SMILES string of the molecule is COc1cccc(N2C(=O)C(=O)/C(=C(\O)c3ccc(OC)c(C(C)C)c3)C2c2cccc(C)c2)c1. The van der Waals surface area contributed by atoms with Crippen LogP contribution in [0.25, 0.3) is 5.76 Å². The van der Waals surface area contributed by atoms with Crippen molar-refractivity contribution in [3.05, 3.63) is 94.6 Å². The van der Waals surface area contributed by atoms with E-state index in [1.54, 1.807) is 50.6 Å². The van der Waals surface area contributed by atoms with Crippen molar-refractivity contribution >= 4 is 23.1 Å². The van der Waals surface area contributed by atoms with Crippen molar-refractivity contribution in [1.29, 1.82) is 0 Å². The maximum atomic E-state index is 13.4. The monoisotopic (exact) mass is 471 g/mol. The van der Waals surface area contributed by atoms with E-state index in [4.69, 9.17) is 9.47 Å². The number of aliphatic hydroxyl groups excluding tert-OH is 1. The smallest absolute Gasteiger partial charge is 0.300 e. The van der Waals surface area contributed by atoms with Crippen LogP contribution >= 0.6 is 0 Å². The van der Waals surface area contributed by atoms with E-state index in [2.05, 4.69) is 0 Å². The first-order valence-electron chi connectivity index (χ1n) is 11.5. The van der Waals surface area contributed by atoms with Crippen molar-refractivity contribution in [2.75, 3.05) is 19.1 Å². The van der Waals surface area contributed by atoms with Crippen LogP contribution < -0.4 is 14.4 Å². The van der Waals surface area contributed by atoms with Crippen molar-refractivity contribution in [3.63, 3.8) is 0 Å². The minimum atomic E-state index is -0.799. The molecule has 1 atom stereocenters. The Balaban J connectivity index is 1.96. The molecule has 1 unspecified atom stereocenters. The van der Waals surface area contributed by atoms with E-state index in [-0.39, 0.29) is 17.3 Å². The topological polar surface area (TPSA) is 76.1 Å².